The van der Waals surface area contributed by atoms with Crippen LogP contribution in [0.2, 0.25) is 10.0 Å². The molecule has 1 fully saturated rings. The van der Waals surface area contributed by atoms with Crippen LogP contribution in [0.3, 0.4) is 0 Å². The molecule has 2 aromatic carbocycles. The monoisotopic (exact) mass is 561 g/mol. The van der Waals surface area contributed by atoms with Gasteiger partial charge in [0, 0.05) is 21.3 Å². The molecule has 1 amide bonds. The minimum Gasteiger partial charge on any atom is -0.333 e. The van der Waals surface area contributed by atoms with Crippen LogP contribution in [0.5, 0.6) is 0 Å². The van der Waals surface area contributed by atoms with Crippen molar-refractivity contribution in [3.05, 3.63) is 80.9 Å². The number of anilines is 1. The molecule has 11 heteroatoms. The molecule has 36 heavy (non-hydrogen) atoms. The number of rotatable bonds is 8. The van der Waals surface area contributed by atoms with Crippen LogP contribution in [0, 0.1) is 0 Å². The number of amides is 1. The van der Waals surface area contributed by atoms with E-state index in [1.807, 2.05) is 17.5 Å². The number of nitrogens with zero attached hydrogens (tertiary/aromatic N) is 2. The predicted octanol–water partition coefficient (Wildman–Crippen LogP) is 6.16. The number of hydrogen-bond acceptors (Lipinski definition) is 7. The van der Waals surface area contributed by atoms with Gasteiger partial charge in [-0.25, -0.2) is 8.42 Å². The van der Waals surface area contributed by atoms with E-state index in [0.717, 1.165) is 23.3 Å². The van der Waals surface area contributed by atoms with Gasteiger partial charge in [-0.3, -0.25) is 4.79 Å². The summed E-state index contributed by atoms with van der Waals surface area (Å²) in [6.07, 6.45) is 1.64. The molecule has 0 aliphatic heterocycles. The summed E-state index contributed by atoms with van der Waals surface area (Å²) in [7, 11) is -3.29. The van der Waals surface area contributed by atoms with Gasteiger partial charge in [0.25, 0.3) is 5.89 Å². The largest absolute Gasteiger partial charge is 0.333 e. The number of nitrogens with one attached hydrogen (secondary N) is 1. The lowest BCUT2D eigenvalue weighted by Crippen LogP contribution is -2.16. The minimum atomic E-state index is -3.29. The van der Waals surface area contributed by atoms with Crippen molar-refractivity contribution in [1.29, 1.82) is 0 Å². The molecule has 1 aliphatic rings. The van der Waals surface area contributed by atoms with E-state index < -0.39 is 15.3 Å². The van der Waals surface area contributed by atoms with Crippen LogP contribution in [0.15, 0.2) is 63.3 Å². The summed E-state index contributed by atoms with van der Waals surface area (Å²) in [5.74, 6) is 0.748. The molecule has 1 saturated carbocycles. The molecule has 0 radical (unpaired) electrons. The lowest BCUT2D eigenvalue weighted by Gasteiger charge is -2.17. The number of benzene rings is 2. The first-order valence-corrected chi connectivity index (χ1v) is 14.5. The molecule has 1 N–H and O–H groups in total. The van der Waals surface area contributed by atoms with Crippen molar-refractivity contribution >= 4 is 56.0 Å². The number of carbonyl (C=O) groups excluding carboxylic acids is 1. The molecule has 2 heterocycles. The zero-order valence-electron chi connectivity index (χ0n) is 19.1. The van der Waals surface area contributed by atoms with Crippen molar-refractivity contribution in [2.24, 2.45) is 0 Å². The molecule has 0 atom stereocenters. The van der Waals surface area contributed by atoms with Gasteiger partial charge in [-0.05, 0) is 54.1 Å². The maximum Gasteiger partial charge on any atom is 0.268 e. The maximum absolute atomic E-state index is 12.6. The van der Waals surface area contributed by atoms with Gasteiger partial charge in [0.05, 0.1) is 27.4 Å². The smallest absolute Gasteiger partial charge is 0.268 e. The Bertz CT molecular complexity index is 1500. The minimum absolute atomic E-state index is 0.0220. The highest BCUT2D eigenvalue weighted by molar-refractivity contribution is 7.91. The second kappa shape index (κ2) is 9.63. The summed E-state index contributed by atoms with van der Waals surface area (Å²) < 4.78 is 29.4. The van der Waals surface area contributed by atoms with Gasteiger partial charge in [0.15, 0.2) is 15.7 Å². The molecule has 0 spiro atoms. The van der Waals surface area contributed by atoms with Crippen molar-refractivity contribution in [3.63, 3.8) is 0 Å². The molecule has 7 nitrogen and oxygen atoms in total. The fourth-order valence-corrected chi connectivity index (χ4v) is 6.48. The number of sulfone groups is 1. The Hall–Kier alpha value is -2.72. The highest BCUT2D eigenvalue weighted by atomic mass is 35.5. The molecule has 1 aliphatic carbocycles. The Morgan fingerprint density at radius 1 is 1.14 bits per heavy atom. The van der Waals surface area contributed by atoms with E-state index in [2.05, 4.69) is 15.5 Å². The normalized spacial score (nSPS) is 14.5. The van der Waals surface area contributed by atoms with E-state index >= 15 is 0 Å². The fraction of sp³-hybridized carbons (Fsp3) is 0.240. The summed E-state index contributed by atoms with van der Waals surface area (Å²) in [6, 6.07) is 13.5. The van der Waals surface area contributed by atoms with Crippen molar-refractivity contribution in [2.75, 3.05) is 11.1 Å². The Morgan fingerprint density at radius 2 is 1.83 bits per heavy atom. The van der Waals surface area contributed by atoms with Crippen LogP contribution >= 0.6 is 34.5 Å². The van der Waals surface area contributed by atoms with E-state index in [1.54, 1.807) is 31.2 Å². The zero-order valence-corrected chi connectivity index (χ0v) is 22.3. The fourth-order valence-electron chi connectivity index (χ4n) is 4.10. The molecule has 0 saturated heterocycles. The summed E-state index contributed by atoms with van der Waals surface area (Å²) in [6.45, 7) is 1.59. The summed E-state index contributed by atoms with van der Waals surface area (Å²) >= 11 is 14.8. The van der Waals surface area contributed by atoms with Crippen molar-refractivity contribution in [2.45, 2.75) is 36.5 Å². The van der Waals surface area contributed by atoms with E-state index in [9.17, 15) is 13.2 Å². The average molecular weight is 563 g/mol. The first-order chi connectivity index (χ1) is 17.2. The lowest BCUT2D eigenvalue weighted by molar-refractivity contribution is -0.115. The van der Waals surface area contributed by atoms with Crippen LogP contribution in [0.4, 0.5) is 5.69 Å². The third-order valence-corrected chi connectivity index (χ3v) is 9.37. The SMILES string of the molecule is CCS(=O)(=O)c1ccc(CC(=O)Nc2cc(Cl)c(C3(c4noc(-c5cccs5)n4)CC3)c(Cl)c2)cc1. The van der Waals surface area contributed by atoms with Crippen LogP contribution in [0.25, 0.3) is 10.8 Å². The van der Waals surface area contributed by atoms with Crippen LogP contribution in [-0.2, 0) is 26.5 Å². The maximum atomic E-state index is 12.6. The third kappa shape index (κ3) is 4.80. The van der Waals surface area contributed by atoms with E-state index in [-0.39, 0.29) is 23.0 Å². The Morgan fingerprint density at radius 3 is 2.42 bits per heavy atom. The Kier molecular flexibility index (Phi) is 6.67. The van der Waals surface area contributed by atoms with Crippen molar-refractivity contribution in [3.8, 4) is 10.8 Å². The standard InChI is InChI=1S/C25H21Cl2N3O4S2/c1-2-36(32,33)17-7-5-15(6-8-17)12-21(31)28-16-13-18(26)22(19(27)14-16)25(9-10-25)24-29-23(34-30-24)20-4-3-11-35-20/h3-8,11,13-14H,2,9-10,12H2,1H3,(H,28,31). The first kappa shape index (κ1) is 25.0. The van der Waals surface area contributed by atoms with Gasteiger partial charge in [0.1, 0.15) is 0 Å². The number of thiophene rings is 1. The molecular weight excluding hydrogens is 541 g/mol. The van der Waals surface area contributed by atoms with Crippen molar-refractivity contribution < 1.29 is 17.7 Å². The first-order valence-electron chi connectivity index (χ1n) is 11.2. The molecule has 0 bridgehead atoms. The number of halogens is 2. The average Bonchev–Trinajstić information content (AvgIpc) is 3.23. The summed E-state index contributed by atoms with van der Waals surface area (Å²) in [4.78, 5) is 18.4. The van der Waals surface area contributed by atoms with Gasteiger partial charge < -0.3 is 9.84 Å². The zero-order chi connectivity index (χ0) is 25.5. The summed E-state index contributed by atoms with van der Waals surface area (Å²) in [5.41, 5.74) is 1.35. The van der Waals surface area contributed by atoms with Gasteiger partial charge in [0.2, 0.25) is 5.91 Å². The van der Waals surface area contributed by atoms with E-state index in [1.165, 1.54) is 23.5 Å². The highest BCUT2D eigenvalue weighted by Gasteiger charge is 2.52. The highest BCUT2D eigenvalue weighted by Crippen LogP contribution is 2.57. The number of hydrogen-bond donors (Lipinski definition) is 1. The van der Waals surface area contributed by atoms with E-state index in [4.69, 9.17) is 27.7 Å². The van der Waals surface area contributed by atoms with Crippen molar-refractivity contribution in [1.82, 2.24) is 10.1 Å². The van der Waals surface area contributed by atoms with Gasteiger partial charge in [-0.1, -0.05) is 53.5 Å². The molecule has 4 aromatic rings. The Labute approximate surface area is 222 Å². The van der Waals surface area contributed by atoms with Crippen LogP contribution in [0.1, 0.15) is 36.7 Å². The summed E-state index contributed by atoms with van der Waals surface area (Å²) in [5, 5.41) is 9.78. The van der Waals surface area contributed by atoms with E-state index in [0.29, 0.717) is 33.0 Å². The molecule has 2 aromatic heterocycles. The molecule has 0 unspecified atom stereocenters. The number of carbonyl (C=O) groups is 1. The predicted molar refractivity (Wildman–Crippen MR) is 141 cm³/mol. The topological polar surface area (TPSA) is 102 Å². The van der Waals surface area contributed by atoms with Crippen LogP contribution < -0.4 is 5.32 Å². The van der Waals surface area contributed by atoms with Gasteiger partial charge in [-0.2, -0.15) is 4.98 Å². The molecule has 186 valence electrons. The molecule has 5 rings (SSSR count). The third-order valence-electron chi connectivity index (χ3n) is 6.17. The van der Waals surface area contributed by atoms with Crippen LogP contribution in [-0.4, -0.2) is 30.2 Å². The Balaban J connectivity index is 1.32. The second-order valence-electron chi connectivity index (χ2n) is 8.57. The van der Waals surface area contributed by atoms with Gasteiger partial charge in [-0.15, -0.1) is 11.3 Å². The molecular formula is C25H21Cl2N3O4S2. The lowest BCUT2D eigenvalue weighted by atomic mass is 9.94. The number of aromatic nitrogens is 2. The second-order valence-corrected chi connectivity index (χ2v) is 12.6. The quantitative estimate of drug-likeness (QED) is 0.276. The van der Waals surface area contributed by atoms with Gasteiger partial charge >= 0.3 is 0 Å².